The second-order valence-corrected chi connectivity index (χ2v) is 6.69. The van der Waals surface area contributed by atoms with Gasteiger partial charge in [-0.3, -0.25) is 4.79 Å². The Hall–Kier alpha value is -3.41. The van der Waals surface area contributed by atoms with Crippen LogP contribution < -0.4 is 23.7 Å². The molecule has 0 saturated heterocycles. The van der Waals surface area contributed by atoms with Gasteiger partial charge in [-0.15, -0.1) is 0 Å². The predicted octanol–water partition coefficient (Wildman–Crippen LogP) is 4.58. The number of ether oxygens (including phenoxy) is 5. The first-order chi connectivity index (χ1) is 14.1. The van der Waals surface area contributed by atoms with E-state index in [1.165, 1.54) is 0 Å². The molecular weight excluding hydrogens is 372 g/mol. The van der Waals surface area contributed by atoms with Gasteiger partial charge in [-0.1, -0.05) is 24.3 Å². The first-order valence-electron chi connectivity index (χ1n) is 9.20. The van der Waals surface area contributed by atoms with E-state index < -0.39 is 6.10 Å². The number of rotatable bonds is 5. The first kappa shape index (κ1) is 18.9. The summed E-state index contributed by atoms with van der Waals surface area (Å²) >= 11 is 0. The summed E-state index contributed by atoms with van der Waals surface area (Å²) in [6.45, 7) is 0. The van der Waals surface area contributed by atoms with Crippen molar-refractivity contribution >= 4 is 16.6 Å². The largest absolute Gasteiger partial charge is 0.496 e. The van der Waals surface area contributed by atoms with Crippen molar-refractivity contribution in [2.24, 2.45) is 0 Å². The Labute approximate surface area is 168 Å². The Morgan fingerprint density at radius 3 is 2.03 bits per heavy atom. The standard InChI is InChI=1S/C23H22O6/c1-25-19-11-16-17(24)12-18(29-22(16)15-8-6-5-7-14(15)19)13-9-20(26-2)23(28-4)21(10-13)27-3/h5-11,18H,12H2,1-4H3. The summed E-state index contributed by atoms with van der Waals surface area (Å²) in [5, 5.41) is 1.74. The summed E-state index contributed by atoms with van der Waals surface area (Å²) in [4.78, 5) is 13.0. The summed E-state index contributed by atoms with van der Waals surface area (Å²) in [5.41, 5.74) is 1.31. The molecular formula is C23H22O6. The molecule has 1 heterocycles. The lowest BCUT2D eigenvalue weighted by atomic mass is 9.93. The topological polar surface area (TPSA) is 63.2 Å². The fourth-order valence-corrected chi connectivity index (χ4v) is 3.75. The Balaban J connectivity index is 1.84. The van der Waals surface area contributed by atoms with Gasteiger partial charge in [0.2, 0.25) is 5.75 Å². The van der Waals surface area contributed by atoms with Crippen LogP contribution in [0.2, 0.25) is 0 Å². The molecule has 0 fully saturated rings. The number of hydrogen-bond donors (Lipinski definition) is 0. The third-order valence-electron chi connectivity index (χ3n) is 5.17. The quantitative estimate of drug-likeness (QED) is 0.631. The van der Waals surface area contributed by atoms with Crippen molar-refractivity contribution in [2.45, 2.75) is 12.5 Å². The minimum Gasteiger partial charge on any atom is -0.496 e. The van der Waals surface area contributed by atoms with Crippen LogP contribution in [-0.4, -0.2) is 34.2 Å². The highest BCUT2D eigenvalue weighted by Crippen LogP contribution is 2.46. The summed E-state index contributed by atoms with van der Waals surface area (Å²) in [5.74, 6) is 2.75. The molecule has 1 unspecified atom stereocenters. The molecule has 0 amide bonds. The van der Waals surface area contributed by atoms with Crippen molar-refractivity contribution in [3.05, 3.63) is 53.6 Å². The maximum absolute atomic E-state index is 13.0. The smallest absolute Gasteiger partial charge is 0.203 e. The van der Waals surface area contributed by atoms with Crippen LogP contribution in [0.1, 0.15) is 28.4 Å². The van der Waals surface area contributed by atoms with Crippen LogP contribution in [0.3, 0.4) is 0 Å². The molecule has 0 aliphatic carbocycles. The van der Waals surface area contributed by atoms with Crippen LogP contribution in [-0.2, 0) is 0 Å². The molecule has 6 heteroatoms. The fraction of sp³-hybridized carbons (Fsp3) is 0.261. The zero-order valence-corrected chi connectivity index (χ0v) is 16.8. The summed E-state index contributed by atoms with van der Waals surface area (Å²) in [7, 11) is 6.27. The van der Waals surface area contributed by atoms with Crippen LogP contribution in [0.5, 0.6) is 28.7 Å². The molecule has 0 radical (unpaired) electrons. The maximum Gasteiger partial charge on any atom is 0.203 e. The number of carbonyl (C=O) groups is 1. The lowest BCUT2D eigenvalue weighted by Gasteiger charge is -2.28. The van der Waals surface area contributed by atoms with E-state index in [0.717, 1.165) is 16.3 Å². The van der Waals surface area contributed by atoms with Crippen molar-refractivity contribution < 1.29 is 28.5 Å². The Kier molecular flexibility index (Phi) is 4.92. The van der Waals surface area contributed by atoms with Crippen LogP contribution in [0.4, 0.5) is 0 Å². The minimum absolute atomic E-state index is 0.00550. The molecule has 1 atom stereocenters. The van der Waals surface area contributed by atoms with Gasteiger partial charge in [-0.05, 0) is 18.2 Å². The molecule has 0 N–H and O–H groups in total. The summed E-state index contributed by atoms with van der Waals surface area (Å²) in [6.07, 6.45) is -0.270. The Morgan fingerprint density at radius 1 is 0.828 bits per heavy atom. The van der Waals surface area contributed by atoms with Crippen LogP contribution >= 0.6 is 0 Å². The fourth-order valence-electron chi connectivity index (χ4n) is 3.75. The van der Waals surface area contributed by atoms with E-state index in [9.17, 15) is 4.79 Å². The molecule has 3 aromatic carbocycles. The number of methoxy groups -OCH3 is 4. The molecule has 0 bridgehead atoms. The second kappa shape index (κ2) is 7.54. The summed E-state index contributed by atoms with van der Waals surface area (Å²) < 4.78 is 28.1. The van der Waals surface area contributed by atoms with Gasteiger partial charge in [0.25, 0.3) is 0 Å². The summed E-state index contributed by atoms with van der Waals surface area (Å²) in [6, 6.07) is 13.1. The van der Waals surface area contributed by atoms with Gasteiger partial charge in [0, 0.05) is 16.3 Å². The van der Waals surface area contributed by atoms with Crippen molar-refractivity contribution in [2.75, 3.05) is 28.4 Å². The number of benzene rings is 3. The Bertz CT molecular complexity index is 1060. The molecule has 6 nitrogen and oxygen atoms in total. The van der Waals surface area contributed by atoms with Gasteiger partial charge in [0.05, 0.1) is 40.4 Å². The second-order valence-electron chi connectivity index (χ2n) is 6.69. The first-order valence-corrected chi connectivity index (χ1v) is 9.20. The van der Waals surface area contributed by atoms with Gasteiger partial charge >= 0.3 is 0 Å². The predicted molar refractivity (Wildman–Crippen MR) is 109 cm³/mol. The molecule has 1 aliphatic heterocycles. The van der Waals surface area contributed by atoms with Crippen molar-refractivity contribution in [1.29, 1.82) is 0 Å². The molecule has 150 valence electrons. The number of fused-ring (bicyclic) bond motifs is 3. The van der Waals surface area contributed by atoms with E-state index in [1.54, 1.807) is 34.5 Å². The third kappa shape index (κ3) is 3.10. The molecule has 0 saturated carbocycles. The Morgan fingerprint density at radius 2 is 1.45 bits per heavy atom. The van der Waals surface area contributed by atoms with Crippen molar-refractivity contribution in [1.82, 2.24) is 0 Å². The van der Waals surface area contributed by atoms with E-state index in [0.29, 0.717) is 34.3 Å². The molecule has 0 aromatic heterocycles. The van der Waals surface area contributed by atoms with Crippen LogP contribution in [0, 0.1) is 0 Å². The lowest BCUT2D eigenvalue weighted by molar-refractivity contribution is 0.0852. The van der Waals surface area contributed by atoms with E-state index in [1.807, 2.05) is 36.4 Å². The number of carbonyl (C=O) groups excluding carboxylic acids is 1. The molecule has 29 heavy (non-hydrogen) atoms. The number of hydrogen-bond acceptors (Lipinski definition) is 6. The highest BCUT2D eigenvalue weighted by Gasteiger charge is 2.31. The highest BCUT2D eigenvalue weighted by molar-refractivity contribution is 6.08. The van der Waals surface area contributed by atoms with Gasteiger partial charge in [-0.25, -0.2) is 0 Å². The maximum atomic E-state index is 13.0. The normalized spacial score (nSPS) is 15.4. The van der Waals surface area contributed by atoms with E-state index in [4.69, 9.17) is 23.7 Å². The molecule has 1 aliphatic rings. The molecule has 4 rings (SSSR count). The van der Waals surface area contributed by atoms with Gasteiger partial charge in [-0.2, -0.15) is 0 Å². The zero-order valence-electron chi connectivity index (χ0n) is 16.8. The number of ketones is 1. The molecule has 0 spiro atoms. The molecule has 3 aromatic rings. The third-order valence-corrected chi connectivity index (χ3v) is 5.17. The van der Waals surface area contributed by atoms with E-state index in [2.05, 4.69) is 0 Å². The van der Waals surface area contributed by atoms with E-state index in [-0.39, 0.29) is 12.2 Å². The average molecular weight is 394 g/mol. The minimum atomic E-state index is -0.472. The lowest BCUT2D eigenvalue weighted by Crippen LogP contribution is -2.21. The van der Waals surface area contributed by atoms with E-state index >= 15 is 0 Å². The number of Topliss-reactive ketones (excluding diaryl/α,β-unsaturated/α-hetero) is 1. The van der Waals surface area contributed by atoms with Crippen LogP contribution in [0.25, 0.3) is 10.8 Å². The SMILES string of the molecule is COc1cc(C2CC(=O)c3cc(OC)c4ccccc4c3O2)cc(OC)c1OC. The monoisotopic (exact) mass is 394 g/mol. The van der Waals surface area contributed by atoms with Crippen molar-refractivity contribution in [3.8, 4) is 28.7 Å². The van der Waals surface area contributed by atoms with Crippen LogP contribution in [0.15, 0.2) is 42.5 Å². The highest BCUT2D eigenvalue weighted by atomic mass is 16.5. The van der Waals surface area contributed by atoms with Crippen molar-refractivity contribution in [3.63, 3.8) is 0 Å². The zero-order chi connectivity index (χ0) is 20.5. The van der Waals surface area contributed by atoms with Gasteiger partial charge < -0.3 is 23.7 Å². The average Bonchev–Trinajstić information content (AvgIpc) is 2.77. The van der Waals surface area contributed by atoms with Gasteiger partial charge in [0.15, 0.2) is 17.3 Å². The van der Waals surface area contributed by atoms with Gasteiger partial charge in [0.1, 0.15) is 17.6 Å².